The topological polar surface area (TPSA) is 22.3 Å². The van der Waals surface area contributed by atoms with Gasteiger partial charge >= 0.3 is 0 Å². The summed E-state index contributed by atoms with van der Waals surface area (Å²) in [5.41, 5.74) is 2.72. The van der Waals surface area contributed by atoms with Crippen LogP contribution in [-0.4, -0.2) is 13.2 Å². The second-order valence-corrected chi connectivity index (χ2v) is 6.90. The van der Waals surface area contributed by atoms with Crippen molar-refractivity contribution >= 4 is 0 Å². The number of aromatic nitrogens is 1. The first kappa shape index (κ1) is 14.7. The maximum absolute atomic E-state index is 6.12. The van der Waals surface area contributed by atoms with E-state index in [1.165, 1.54) is 5.57 Å². The number of hydrogen-bond acceptors (Lipinski definition) is 2. The van der Waals surface area contributed by atoms with E-state index in [-0.39, 0.29) is 11.7 Å². The van der Waals surface area contributed by atoms with Crippen LogP contribution in [-0.2, 0) is 16.5 Å². The number of nitrogens with zero attached hydrogens (tertiary/aromatic N) is 1. The third-order valence-electron chi connectivity index (χ3n) is 5.29. The molecule has 1 aliphatic carbocycles. The molecule has 1 spiro atoms. The van der Waals surface area contributed by atoms with Crippen molar-refractivity contribution in [1.82, 2.24) is 0 Å². The summed E-state index contributed by atoms with van der Waals surface area (Å²) < 4.78 is 14.3. The van der Waals surface area contributed by atoms with Crippen LogP contribution in [0.4, 0.5) is 0 Å². The Balaban J connectivity index is 1.75. The Morgan fingerprint density at radius 1 is 1.24 bits per heavy atom. The highest BCUT2D eigenvalue weighted by Gasteiger charge is 2.47. The lowest BCUT2D eigenvalue weighted by Gasteiger charge is -2.49. The van der Waals surface area contributed by atoms with Crippen molar-refractivity contribution in [2.45, 2.75) is 33.5 Å². The van der Waals surface area contributed by atoms with Crippen molar-refractivity contribution in [1.29, 1.82) is 0 Å². The molecule has 3 nitrogen and oxygen atoms in total. The standard InChI is InChI=1S/C18H26NO2/c1-13-8-14(2)18(15(3)9-13)11-20-17(21-12-18)16-6-5-7-19(4)10-16/h5-8,10,14-15,17H,9,11-12H2,1-4H3/q+1/t14-,15+,17?,18?/m1/s1. The molecule has 1 aliphatic heterocycles. The summed E-state index contributed by atoms with van der Waals surface area (Å²) in [6.45, 7) is 8.43. The minimum atomic E-state index is -0.227. The summed E-state index contributed by atoms with van der Waals surface area (Å²) in [6, 6.07) is 4.10. The summed E-state index contributed by atoms with van der Waals surface area (Å²) in [6.07, 6.45) is 7.42. The first-order chi connectivity index (χ1) is 10.0. The van der Waals surface area contributed by atoms with Gasteiger partial charge in [-0.3, -0.25) is 0 Å². The number of rotatable bonds is 1. The molecule has 2 atom stereocenters. The van der Waals surface area contributed by atoms with Crippen LogP contribution in [0.3, 0.4) is 0 Å². The predicted octanol–water partition coefficient (Wildman–Crippen LogP) is 3.17. The van der Waals surface area contributed by atoms with E-state index in [1.54, 1.807) is 0 Å². The van der Waals surface area contributed by atoms with Gasteiger partial charge in [-0.05, 0) is 31.2 Å². The fourth-order valence-electron chi connectivity index (χ4n) is 3.84. The molecule has 2 aliphatic rings. The highest BCUT2D eigenvalue weighted by atomic mass is 16.7. The largest absolute Gasteiger partial charge is 0.347 e. The summed E-state index contributed by atoms with van der Waals surface area (Å²) in [5.74, 6) is 1.11. The van der Waals surface area contributed by atoms with Crippen molar-refractivity contribution in [2.75, 3.05) is 13.2 Å². The molecular formula is C18H26NO2+. The van der Waals surface area contributed by atoms with Gasteiger partial charge in [-0.25, -0.2) is 4.57 Å². The number of hydrogen-bond donors (Lipinski definition) is 0. The van der Waals surface area contributed by atoms with E-state index in [9.17, 15) is 0 Å². The van der Waals surface area contributed by atoms with Crippen LogP contribution in [0, 0.1) is 17.3 Å². The van der Waals surface area contributed by atoms with Gasteiger partial charge in [-0.15, -0.1) is 0 Å². The Hall–Kier alpha value is -1.19. The van der Waals surface area contributed by atoms with Crippen molar-refractivity contribution in [3.63, 3.8) is 0 Å². The molecule has 3 heteroatoms. The fraction of sp³-hybridized carbons (Fsp3) is 0.611. The summed E-state index contributed by atoms with van der Waals surface area (Å²) in [5, 5.41) is 0. The predicted molar refractivity (Wildman–Crippen MR) is 81.4 cm³/mol. The van der Waals surface area contributed by atoms with Gasteiger partial charge < -0.3 is 9.47 Å². The van der Waals surface area contributed by atoms with E-state index in [2.05, 4.69) is 39.1 Å². The van der Waals surface area contributed by atoms with Crippen LogP contribution in [0.1, 0.15) is 39.0 Å². The molecule has 0 radical (unpaired) electrons. The molecule has 2 heterocycles. The Labute approximate surface area is 127 Å². The van der Waals surface area contributed by atoms with Gasteiger partial charge in [0.05, 0.1) is 18.8 Å². The molecule has 0 amide bonds. The quantitative estimate of drug-likeness (QED) is 0.585. The second-order valence-electron chi connectivity index (χ2n) is 6.90. The van der Waals surface area contributed by atoms with Gasteiger partial charge in [0.25, 0.3) is 0 Å². The van der Waals surface area contributed by atoms with E-state index >= 15 is 0 Å². The number of ether oxygens (including phenoxy) is 2. The Bertz CT molecular complexity index is 544. The highest BCUT2D eigenvalue weighted by molar-refractivity contribution is 5.15. The van der Waals surface area contributed by atoms with Gasteiger partial charge in [-0.1, -0.05) is 25.5 Å². The Morgan fingerprint density at radius 3 is 2.57 bits per heavy atom. The van der Waals surface area contributed by atoms with Crippen molar-refractivity contribution in [3.8, 4) is 0 Å². The summed E-state index contributed by atoms with van der Waals surface area (Å²) in [7, 11) is 2.02. The van der Waals surface area contributed by atoms with Crippen molar-refractivity contribution in [2.24, 2.45) is 24.3 Å². The van der Waals surface area contributed by atoms with Crippen LogP contribution in [0.25, 0.3) is 0 Å². The first-order valence-corrected chi connectivity index (χ1v) is 7.87. The minimum Gasteiger partial charge on any atom is -0.347 e. The van der Waals surface area contributed by atoms with E-state index in [1.807, 2.05) is 23.9 Å². The average molecular weight is 288 g/mol. The zero-order valence-corrected chi connectivity index (χ0v) is 13.5. The molecule has 1 aromatic heterocycles. The van der Waals surface area contributed by atoms with Crippen LogP contribution in [0.5, 0.6) is 0 Å². The number of allylic oxidation sites excluding steroid dienone is 2. The fourth-order valence-corrected chi connectivity index (χ4v) is 3.84. The van der Waals surface area contributed by atoms with Crippen LogP contribution < -0.4 is 4.57 Å². The molecule has 1 aromatic rings. The first-order valence-electron chi connectivity index (χ1n) is 7.87. The van der Waals surface area contributed by atoms with Crippen LogP contribution >= 0.6 is 0 Å². The smallest absolute Gasteiger partial charge is 0.189 e. The molecule has 0 bridgehead atoms. The van der Waals surface area contributed by atoms with Crippen LogP contribution in [0.15, 0.2) is 36.2 Å². The van der Waals surface area contributed by atoms with Crippen molar-refractivity contribution < 1.29 is 14.0 Å². The van der Waals surface area contributed by atoms with Gasteiger partial charge in [0.15, 0.2) is 18.7 Å². The van der Waals surface area contributed by atoms with Gasteiger partial charge in [0, 0.05) is 11.5 Å². The maximum atomic E-state index is 6.12. The molecule has 21 heavy (non-hydrogen) atoms. The van der Waals surface area contributed by atoms with Gasteiger partial charge in [0.2, 0.25) is 0 Å². The molecule has 3 rings (SSSR count). The van der Waals surface area contributed by atoms with E-state index < -0.39 is 0 Å². The highest BCUT2D eigenvalue weighted by Crippen LogP contribution is 2.48. The number of pyridine rings is 1. The normalized spacial score (nSPS) is 36.6. The second kappa shape index (κ2) is 5.54. The summed E-state index contributed by atoms with van der Waals surface area (Å²) in [4.78, 5) is 0. The SMILES string of the molecule is CC1=C[C@@H](C)C2(COC(c3ccc[n+](C)c3)OC2)[C@@H](C)C1. The zero-order chi connectivity index (χ0) is 15.0. The average Bonchev–Trinajstić information content (AvgIpc) is 2.45. The third-order valence-corrected chi connectivity index (χ3v) is 5.29. The Kier molecular flexibility index (Phi) is 3.89. The minimum absolute atomic E-state index is 0.132. The monoisotopic (exact) mass is 288 g/mol. The zero-order valence-electron chi connectivity index (χ0n) is 13.5. The molecule has 0 N–H and O–H groups in total. The third kappa shape index (κ3) is 2.65. The maximum Gasteiger partial charge on any atom is 0.189 e. The molecule has 1 saturated heterocycles. The van der Waals surface area contributed by atoms with E-state index in [0.29, 0.717) is 11.8 Å². The van der Waals surface area contributed by atoms with Gasteiger partial charge in [0.1, 0.15) is 7.05 Å². The molecule has 0 saturated carbocycles. The Morgan fingerprint density at radius 2 is 1.95 bits per heavy atom. The lowest BCUT2D eigenvalue weighted by molar-refractivity contribution is -0.672. The van der Waals surface area contributed by atoms with E-state index in [0.717, 1.165) is 25.2 Å². The molecule has 0 unspecified atom stereocenters. The molecule has 114 valence electrons. The number of aryl methyl sites for hydroxylation is 1. The lowest BCUT2D eigenvalue weighted by Crippen LogP contribution is -2.49. The van der Waals surface area contributed by atoms with Crippen LogP contribution in [0.2, 0.25) is 0 Å². The summed E-state index contributed by atoms with van der Waals surface area (Å²) >= 11 is 0. The van der Waals surface area contributed by atoms with Crippen molar-refractivity contribution in [3.05, 3.63) is 41.7 Å². The van der Waals surface area contributed by atoms with Gasteiger partial charge in [-0.2, -0.15) is 0 Å². The van der Waals surface area contributed by atoms with E-state index in [4.69, 9.17) is 9.47 Å². The lowest BCUT2D eigenvalue weighted by atomic mass is 9.63. The molecule has 1 fully saturated rings. The molecular weight excluding hydrogens is 262 g/mol. The molecule has 0 aromatic carbocycles.